The molecule has 0 atom stereocenters. The van der Waals surface area contributed by atoms with E-state index >= 15 is 0 Å². The maximum atomic E-state index is 12.2. The monoisotopic (exact) mass is 315 g/mol. The molecule has 5 nitrogen and oxygen atoms in total. The molecule has 0 saturated heterocycles. The molecular formula is C16H14ClN3O2. The molecule has 2 N–H and O–H groups in total. The lowest BCUT2D eigenvalue weighted by Gasteiger charge is -2.07. The Balaban J connectivity index is 1.71. The zero-order chi connectivity index (χ0) is 15.5. The van der Waals surface area contributed by atoms with E-state index in [-0.39, 0.29) is 29.2 Å². The number of hydrogen-bond donors (Lipinski definition) is 2. The van der Waals surface area contributed by atoms with E-state index in [1.807, 2.05) is 0 Å². The number of amides is 2. The molecule has 0 radical (unpaired) electrons. The molecular weight excluding hydrogens is 302 g/mol. The van der Waals surface area contributed by atoms with E-state index in [4.69, 9.17) is 11.6 Å². The van der Waals surface area contributed by atoms with Gasteiger partial charge in [-0.25, -0.2) is 4.98 Å². The van der Waals surface area contributed by atoms with Crippen LogP contribution in [0.4, 0.5) is 5.69 Å². The standard InChI is InChI=1S/C16H14ClN3O2/c17-10-4-6-11(7-5-10)18-15(21)13-2-1-3-14(20-13)16(22)19-12-8-9-12/h1-7,12H,8-9H2,(H,18,21)(H,19,22). The smallest absolute Gasteiger partial charge is 0.274 e. The summed E-state index contributed by atoms with van der Waals surface area (Å²) in [5, 5.41) is 6.15. The number of hydrogen-bond acceptors (Lipinski definition) is 3. The summed E-state index contributed by atoms with van der Waals surface area (Å²) in [7, 11) is 0. The molecule has 1 aliphatic rings. The Morgan fingerprint density at radius 2 is 1.64 bits per heavy atom. The molecule has 0 bridgehead atoms. The van der Waals surface area contributed by atoms with Crippen molar-refractivity contribution in [1.82, 2.24) is 10.3 Å². The van der Waals surface area contributed by atoms with Crippen molar-refractivity contribution in [2.24, 2.45) is 0 Å². The number of nitrogens with one attached hydrogen (secondary N) is 2. The molecule has 2 amide bonds. The molecule has 22 heavy (non-hydrogen) atoms. The van der Waals surface area contributed by atoms with Crippen molar-refractivity contribution < 1.29 is 9.59 Å². The zero-order valence-corrected chi connectivity index (χ0v) is 12.4. The fourth-order valence-electron chi connectivity index (χ4n) is 1.90. The molecule has 6 heteroatoms. The highest BCUT2D eigenvalue weighted by Crippen LogP contribution is 2.19. The maximum absolute atomic E-state index is 12.2. The summed E-state index contributed by atoms with van der Waals surface area (Å²) in [6, 6.07) is 11.8. The van der Waals surface area contributed by atoms with E-state index in [1.54, 1.807) is 42.5 Å². The summed E-state index contributed by atoms with van der Waals surface area (Å²) in [5.74, 6) is -0.618. The van der Waals surface area contributed by atoms with Gasteiger partial charge in [-0.3, -0.25) is 9.59 Å². The van der Waals surface area contributed by atoms with Crippen LogP contribution in [0.5, 0.6) is 0 Å². The van der Waals surface area contributed by atoms with E-state index in [1.165, 1.54) is 0 Å². The third-order valence-electron chi connectivity index (χ3n) is 3.23. The van der Waals surface area contributed by atoms with Crippen LogP contribution in [-0.2, 0) is 0 Å². The molecule has 1 saturated carbocycles. The van der Waals surface area contributed by atoms with Crippen LogP contribution in [0.3, 0.4) is 0 Å². The van der Waals surface area contributed by atoms with Crippen molar-refractivity contribution >= 4 is 29.1 Å². The van der Waals surface area contributed by atoms with Crippen molar-refractivity contribution in [3.05, 3.63) is 58.9 Å². The van der Waals surface area contributed by atoms with Gasteiger partial charge in [0.1, 0.15) is 11.4 Å². The molecule has 1 aliphatic carbocycles. The molecule has 1 heterocycles. The Bertz CT molecular complexity index is 712. The first kappa shape index (κ1) is 14.5. The van der Waals surface area contributed by atoms with Gasteiger partial charge < -0.3 is 10.6 Å². The first-order valence-electron chi connectivity index (χ1n) is 6.96. The highest BCUT2D eigenvalue weighted by atomic mass is 35.5. The van der Waals surface area contributed by atoms with Crippen LogP contribution in [0.2, 0.25) is 5.02 Å². The number of nitrogens with zero attached hydrogens (tertiary/aromatic N) is 1. The predicted molar refractivity (Wildman–Crippen MR) is 84.1 cm³/mol. The quantitative estimate of drug-likeness (QED) is 0.911. The fraction of sp³-hybridized carbons (Fsp3) is 0.188. The number of pyridine rings is 1. The number of anilines is 1. The Labute approximate surface area is 132 Å². The van der Waals surface area contributed by atoms with Gasteiger partial charge in [0, 0.05) is 16.8 Å². The number of halogens is 1. The lowest BCUT2D eigenvalue weighted by atomic mass is 10.2. The van der Waals surface area contributed by atoms with Gasteiger partial charge in [-0.1, -0.05) is 17.7 Å². The summed E-state index contributed by atoms with van der Waals surface area (Å²) in [5.41, 5.74) is 1.05. The lowest BCUT2D eigenvalue weighted by Crippen LogP contribution is -2.27. The summed E-state index contributed by atoms with van der Waals surface area (Å²) >= 11 is 5.80. The van der Waals surface area contributed by atoms with Crippen molar-refractivity contribution in [2.75, 3.05) is 5.32 Å². The predicted octanol–water partition coefficient (Wildman–Crippen LogP) is 2.88. The van der Waals surface area contributed by atoms with Crippen LogP contribution in [0.15, 0.2) is 42.5 Å². The van der Waals surface area contributed by atoms with E-state index in [9.17, 15) is 9.59 Å². The van der Waals surface area contributed by atoms with Gasteiger partial charge in [-0.15, -0.1) is 0 Å². The molecule has 0 aliphatic heterocycles. The summed E-state index contributed by atoms with van der Waals surface area (Å²) in [6.07, 6.45) is 2.00. The number of carbonyl (C=O) groups is 2. The van der Waals surface area contributed by atoms with Crippen molar-refractivity contribution in [1.29, 1.82) is 0 Å². The third kappa shape index (κ3) is 3.62. The Morgan fingerprint density at radius 1 is 1.00 bits per heavy atom. The average Bonchev–Trinajstić information content (AvgIpc) is 3.33. The minimum Gasteiger partial charge on any atom is -0.348 e. The van der Waals surface area contributed by atoms with Gasteiger partial charge in [0.25, 0.3) is 11.8 Å². The summed E-state index contributed by atoms with van der Waals surface area (Å²) in [6.45, 7) is 0. The maximum Gasteiger partial charge on any atom is 0.274 e. The lowest BCUT2D eigenvalue weighted by molar-refractivity contribution is 0.0946. The Morgan fingerprint density at radius 3 is 2.27 bits per heavy atom. The normalized spacial score (nSPS) is 13.5. The van der Waals surface area contributed by atoms with Gasteiger partial charge in [0.05, 0.1) is 0 Å². The molecule has 3 rings (SSSR count). The van der Waals surface area contributed by atoms with Crippen molar-refractivity contribution in [3.8, 4) is 0 Å². The SMILES string of the molecule is O=C(Nc1ccc(Cl)cc1)c1cccc(C(=O)NC2CC2)n1. The van der Waals surface area contributed by atoms with Crippen LogP contribution >= 0.6 is 11.6 Å². The van der Waals surface area contributed by atoms with Gasteiger partial charge >= 0.3 is 0 Å². The van der Waals surface area contributed by atoms with Crippen molar-refractivity contribution in [2.45, 2.75) is 18.9 Å². The number of benzene rings is 1. The first-order chi connectivity index (χ1) is 10.6. The molecule has 0 unspecified atom stereocenters. The fourth-order valence-corrected chi connectivity index (χ4v) is 2.03. The average molecular weight is 316 g/mol. The first-order valence-corrected chi connectivity index (χ1v) is 7.34. The van der Waals surface area contributed by atoms with Crippen LogP contribution in [0, 0.1) is 0 Å². The summed E-state index contributed by atoms with van der Waals surface area (Å²) < 4.78 is 0. The van der Waals surface area contributed by atoms with Gasteiger partial charge in [-0.05, 0) is 49.2 Å². The highest BCUT2D eigenvalue weighted by Gasteiger charge is 2.24. The molecule has 1 fully saturated rings. The molecule has 0 spiro atoms. The summed E-state index contributed by atoms with van der Waals surface area (Å²) in [4.78, 5) is 28.2. The van der Waals surface area contributed by atoms with Gasteiger partial charge in [0.2, 0.25) is 0 Å². The topological polar surface area (TPSA) is 71.1 Å². The van der Waals surface area contributed by atoms with Gasteiger partial charge in [0.15, 0.2) is 0 Å². The molecule has 1 aromatic heterocycles. The van der Waals surface area contributed by atoms with Crippen molar-refractivity contribution in [3.63, 3.8) is 0 Å². The van der Waals surface area contributed by atoms with E-state index in [0.717, 1.165) is 12.8 Å². The zero-order valence-electron chi connectivity index (χ0n) is 11.7. The number of aromatic nitrogens is 1. The molecule has 1 aromatic carbocycles. The van der Waals surface area contributed by atoms with E-state index < -0.39 is 0 Å². The van der Waals surface area contributed by atoms with Crippen LogP contribution < -0.4 is 10.6 Å². The molecule has 112 valence electrons. The minimum absolute atomic E-state index is 0.193. The second kappa shape index (κ2) is 6.15. The van der Waals surface area contributed by atoms with E-state index in [0.29, 0.717) is 10.7 Å². The highest BCUT2D eigenvalue weighted by molar-refractivity contribution is 6.30. The Hall–Kier alpha value is -2.40. The van der Waals surface area contributed by atoms with Gasteiger partial charge in [-0.2, -0.15) is 0 Å². The third-order valence-corrected chi connectivity index (χ3v) is 3.48. The number of rotatable bonds is 4. The largest absolute Gasteiger partial charge is 0.348 e. The number of carbonyl (C=O) groups excluding carboxylic acids is 2. The van der Waals surface area contributed by atoms with Crippen LogP contribution in [0.25, 0.3) is 0 Å². The van der Waals surface area contributed by atoms with E-state index in [2.05, 4.69) is 15.6 Å². The second-order valence-electron chi connectivity index (χ2n) is 5.12. The minimum atomic E-state index is -0.372. The van der Waals surface area contributed by atoms with Crippen LogP contribution in [0.1, 0.15) is 33.8 Å². The van der Waals surface area contributed by atoms with Crippen LogP contribution in [-0.4, -0.2) is 22.8 Å². The molecule has 2 aromatic rings. The second-order valence-corrected chi connectivity index (χ2v) is 5.55. The Kier molecular flexibility index (Phi) is 4.06.